The number of aryl methyl sites for hydroxylation is 1. The molecule has 0 spiro atoms. The Bertz CT molecular complexity index is 1670. The number of amides is 1. The maximum absolute atomic E-state index is 14.5. The molecule has 3 N–H and O–H groups in total. The number of unbranched alkanes of at least 4 members (excludes halogenated alkanes) is 1. The number of ether oxygens (including phenoxy) is 8. The van der Waals surface area contributed by atoms with E-state index >= 15 is 0 Å². The number of esters is 2. The third kappa shape index (κ3) is 11.7. The Labute approximate surface area is 374 Å². The SMILES string of the molecule is CCC1OC(=O)C[C@H](O[C@H]2C[C@@](C)(OC)[C@@H](O)[C@H](C)O2)[C@H](C)[C@@H](O[C@@H]2O[C@H](C)C[C@H](N(C)C)[C@H]2O)[C@@](C)(O)C[C@@H](C)OC(=O)[C@@H](C)[C@H]2N(CCCCc3ccccc3)C(=O)O[C@]12C. The van der Waals surface area contributed by atoms with E-state index in [-0.39, 0.29) is 37.8 Å². The number of fused-ring (bicyclic) bond motifs is 1. The summed E-state index contributed by atoms with van der Waals surface area (Å²) in [6.45, 7) is 15.8. The molecule has 5 rings (SSSR count). The topological polar surface area (TPSA) is 192 Å². The van der Waals surface area contributed by atoms with Crippen molar-refractivity contribution in [3.05, 3.63) is 35.9 Å². The van der Waals surface area contributed by atoms with Crippen molar-refractivity contribution in [3.8, 4) is 0 Å². The van der Waals surface area contributed by atoms with Crippen LogP contribution in [0.1, 0.15) is 113 Å². The number of aliphatic hydroxyl groups excluding tert-OH is 2. The molecule has 4 aliphatic rings. The zero-order valence-corrected chi connectivity index (χ0v) is 39.6. The van der Waals surface area contributed by atoms with Crippen LogP contribution in [-0.2, 0) is 53.9 Å². The second-order valence-electron chi connectivity index (χ2n) is 19.4. The minimum Gasteiger partial charge on any atom is -0.462 e. The molecule has 0 radical (unpaired) electrons. The van der Waals surface area contributed by atoms with E-state index in [9.17, 15) is 29.7 Å². The molecule has 16 heteroatoms. The first-order chi connectivity index (χ1) is 29.5. The minimum atomic E-state index is -1.79. The highest BCUT2D eigenvalue weighted by molar-refractivity contribution is 5.78. The van der Waals surface area contributed by atoms with Crippen molar-refractivity contribution in [3.63, 3.8) is 0 Å². The summed E-state index contributed by atoms with van der Waals surface area (Å²) in [7, 11) is 5.22. The first-order valence-corrected chi connectivity index (χ1v) is 22.9. The van der Waals surface area contributed by atoms with Gasteiger partial charge in [0.1, 0.15) is 24.4 Å². The molecule has 16 nitrogen and oxygen atoms in total. The van der Waals surface area contributed by atoms with E-state index in [1.54, 1.807) is 53.4 Å². The summed E-state index contributed by atoms with van der Waals surface area (Å²) in [4.78, 5) is 46.1. The molecule has 4 heterocycles. The number of carbonyl (C=O) groups is 3. The Kier molecular flexibility index (Phi) is 17.1. The number of carbonyl (C=O) groups excluding carboxylic acids is 3. The lowest BCUT2D eigenvalue weighted by Gasteiger charge is -2.48. The number of hydrogen-bond donors (Lipinski definition) is 3. The molecule has 4 saturated heterocycles. The standard InChI is InChI=1S/C47H76N2O14/c1-13-35-47(9)39(49(44(54)63-47)22-18-17-21-32-19-15-14-16-20-32)30(5)42(53)57-28(3)25-45(7,55)41(62-43-38(51)33(48(10)11)23-27(2)58-43)29(4)34(24-36(50)61-35)60-37-26-46(8,56-12)40(52)31(6)59-37/h14-16,19-20,27-31,33-35,37-41,43,51-52,55H,13,17-18,21-26H2,1-12H3/t27-,28-,29+,30+,31+,33+,34+,35?,37+,38-,39-,40+,41-,43+,45+,46-,47-/m1/s1. The Hall–Kier alpha value is -2.93. The van der Waals surface area contributed by atoms with Gasteiger partial charge in [-0.25, -0.2) is 4.79 Å². The van der Waals surface area contributed by atoms with Gasteiger partial charge in [-0.3, -0.25) is 9.59 Å². The van der Waals surface area contributed by atoms with Gasteiger partial charge in [-0.15, -0.1) is 0 Å². The van der Waals surface area contributed by atoms with Gasteiger partial charge in [0.05, 0.1) is 54.0 Å². The summed E-state index contributed by atoms with van der Waals surface area (Å²) in [5.41, 5.74) is -3.14. The smallest absolute Gasteiger partial charge is 0.410 e. The highest BCUT2D eigenvalue weighted by Gasteiger charge is 2.60. The molecule has 1 aromatic rings. The van der Waals surface area contributed by atoms with Crippen molar-refractivity contribution in [1.82, 2.24) is 9.80 Å². The van der Waals surface area contributed by atoms with Crippen molar-refractivity contribution < 1.29 is 67.6 Å². The number of rotatable bonds is 12. The highest BCUT2D eigenvalue weighted by atomic mass is 16.7. The summed E-state index contributed by atoms with van der Waals surface area (Å²) >= 11 is 0. The molecule has 358 valence electrons. The molecular weight excluding hydrogens is 817 g/mol. The second-order valence-corrected chi connectivity index (χ2v) is 19.4. The third-order valence-corrected chi connectivity index (χ3v) is 14.0. The number of benzene rings is 1. The minimum absolute atomic E-state index is 0.0982. The van der Waals surface area contributed by atoms with Gasteiger partial charge in [0.15, 0.2) is 18.2 Å². The maximum atomic E-state index is 14.5. The molecule has 0 aliphatic carbocycles. The van der Waals surface area contributed by atoms with Crippen LogP contribution in [0.15, 0.2) is 30.3 Å². The lowest BCUT2D eigenvalue weighted by Crippen LogP contribution is -2.60. The number of nitrogens with zero attached hydrogens (tertiary/aromatic N) is 2. The largest absolute Gasteiger partial charge is 0.462 e. The van der Waals surface area contributed by atoms with Crippen molar-refractivity contribution in [2.75, 3.05) is 27.7 Å². The monoisotopic (exact) mass is 893 g/mol. The lowest BCUT2D eigenvalue weighted by molar-refractivity contribution is -0.315. The second kappa shape index (κ2) is 21.1. The van der Waals surface area contributed by atoms with Crippen molar-refractivity contribution >= 4 is 18.0 Å². The van der Waals surface area contributed by atoms with Crippen molar-refractivity contribution in [2.24, 2.45) is 11.8 Å². The Morgan fingerprint density at radius 2 is 1.59 bits per heavy atom. The lowest BCUT2D eigenvalue weighted by atomic mass is 9.81. The summed E-state index contributed by atoms with van der Waals surface area (Å²) in [5, 5.41) is 35.2. The zero-order chi connectivity index (χ0) is 46.6. The van der Waals surface area contributed by atoms with E-state index < -0.39 is 108 Å². The van der Waals surface area contributed by atoms with E-state index in [4.69, 9.17) is 37.9 Å². The van der Waals surface area contributed by atoms with Crippen LogP contribution in [0.25, 0.3) is 0 Å². The van der Waals surface area contributed by atoms with E-state index in [0.29, 0.717) is 19.4 Å². The summed E-state index contributed by atoms with van der Waals surface area (Å²) in [5.74, 6) is -3.09. The summed E-state index contributed by atoms with van der Waals surface area (Å²) in [6, 6.07) is 8.84. The summed E-state index contributed by atoms with van der Waals surface area (Å²) in [6.07, 6.45) is -7.44. The number of cyclic esters (lactones) is 2. The van der Waals surface area contributed by atoms with Crippen LogP contribution in [0.5, 0.6) is 0 Å². The number of hydrogen-bond acceptors (Lipinski definition) is 15. The highest BCUT2D eigenvalue weighted by Crippen LogP contribution is 2.42. The third-order valence-electron chi connectivity index (χ3n) is 14.0. The van der Waals surface area contributed by atoms with Gasteiger partial charge in [-0.1, -0.05) is 44.2 Å². The molecule has 4 fully saturated rings. The van der Waals surface area contributed by atoms with Crippen LogP contribution in [0.3, 0.4) is 0 Å². The summed E-state index contributed by atoms with van der Waals surface area (Å²) < 4.78 is 50.1. The van der Waals surface area contributed by atoms with Crippen LogP contribution < -0.4 is 0 Å². The number of aliphatic hydroxyl groups is 3. The van der Waals surface area contributed by atoms with E-state index in [0.717, 1.165) is 12.8 Å². The fourth-order valence-electron chi connectivity index (χ4n) is 10.4. The average molecular weight is 893 g/mol. The van der Waals surface area contributed by atoms with Gasteiger partial charge in [0.2, 0.25) is 0 Å². The van der Waals surface area contributed by atoms with E-state index in [1.165, 1.54) is 12.7 Å². The van der Waals surface area contributed by atoms with Crippen molar-refractivity contribution in [2.45, 2.75) is 204 Å². The zero-order valence-electron chi connectivity index (χ0n) is 39.6. The molecule has 4 aliphatic heterocycles. The van der Waals surface area contributed by atoms with Crippen LogP contribution in [0, 0.1) is 11.8 Å². The van der Waals surface area contributed by atoms with E-state index in [1.807, 2.05) is 51.0 Å². The van der Waals surface area contributed by atoms with Gasteiger partial charge in [-0.2, -0.15) is 0 Å². The Balaban J connectivity index is 1.53. The predicted molar refractivity (Wildman–Crippen MR) is 231 cm³/mol. The first kappa shape index (κ1) is 51.1. The Morgan fingerprint density at radius 1 is 0.905 bits per heavy atom. The normalized spacial score (nSPS) is 42.2. The van der Waals surface area contributed by atoms with Gasteiger partial charge >= 0.3 is 18.0 Å². The first-order valence-electron chi connectivity index (χ1n) is 22.9. The van der Waals surface area contributed by atoms with Crippen molar-refractivity contribution in [1.29, 1.82) is 0 Å². The number of methoxy groups -OCH3 is 1. The molecule has 0 aromatic heterocycles. The molecule has 63 heavy (non-hydrogen) atoms. The Morgan fingerprint density at radius 3 is 2.22 bits per heavy atom. The quantitative estimate of drug-likeness (QED) is 0.148. The number of likely N-dealkylation sites (N-methyl/N-ethyl adjacent to an activating group) is 1. The molecule has 1 unspecified atom stereocenters. The van der Waals surface area contributed by atoms with Crippen LogP contribution in [0.4, 0.5) is 4.79 Å². The van der Waals surface area contributed by atoms with Crippen LogP contribution in [-0.4, -0.2) is 161 Å². The van der Waals surface area contributed by atoms with Gasteiger partial charge in [-0.05, 0) is 100 Å². The molecular formula is C47H76N2O14. The molecule has 1 amide bonds. The van der Waals surface area contributed by atoms with E-state index in [2.05, 4.69) is 12.1 Å². The van der Waals surface area contributed by atoms with Crippen LogP contribution >= 0.6 is 0 Å². The predicted octanol–water partition coefficient (Wildman–Crippen LogP) is 4.76. The van der Waals surface area contributed by atoms with Gasteiger partial charge in [0, 0.05) is 38.5 Å². The fourth-order valence-corrected chi connectivity index (χ4v) is 10.4. The molecule has 0 saturated carbocycles. The fraction of sp³-hybridized carbons (Fsp3) is 0.809. The van der Waals surface area contributed by atoms with Gasteiger partial charge < -0.3 is 63.0 Å². The molecule has 1 aromatic carbocycles. The maximum Gasteiger partial charge on any atom is 0.410 e. The molecule has 0 bridgehead atoms. The van der Waals surface area contributed by atoms with Crippen LogP contribution in [0.2, 0.25) is 0 Å². The molecule has 17 atom stereocenters. The van der Waals surface area contributed by atoms with Gasteiger partial charge in [0.25, 0.3) is 0 Å². The average Bonchev–Trinajstić information content (AvgIpc) is 3.48.